The number of pyridine rings is 1. The first-order valence-electron chi connectivity index (χ1n) is 15.4. The first-order valence-corrected chi connectivity index (χ1v) is 15.4. The lowest BCUT2D eigenvalue weighted by molar-refractivity contribution is 0.0349. The lowest BCUT2D eigenvalue weighted by atomic mass is 9.82. The average molecular weight is 610 g/mol. The molecule has 0 unspecified atom stereocenters. The molecule has 0 bridgehead atoms. The molecule has 232 valence electrons. The number of rotatable bonds is 6. The van der Waals surface area contributed by atoms with Crippen molar-refractivity contribution in [1.82, 2.24) is 20.3 Å². The summed E-state index contributed by atoms with van der Waals surface area (Å²) >= 11 is 0. The Hall–Kier alpha value is -4.38. The van der Waals surface area contributed by atoms with Gasteiger partial charge in [-0.25, -0.2) is 13.8 Å². The first-order chi connectivity index (χ1) is 21.4. The molecule has 45 heavy (non-hydrogen) atoms. The minimum absolute atomic E-state index is 0.00153. The van der Waals surface area contributed by atoms with Crippen LogP contribution in [0, 0.1) is 35.3 Å². The Labute approximate surface area is 262 Å². The van der Waals surface area contributed by atoms with Crippen molar-refractivity contribution in [2.75, 3.05) is 43.0 Å². The van der Waals surface area contributed by atoms with Crippen molar-refractivity contribution < 1.29 is 13.9 Å². The molecule has 8 nitrogen and oxygen atoms in total. The summed E-state index contributed by atoms with van der Waals surface area (Å²) in [5.74, 6) is 2.08. The molecular formula is C35H37F2N7O. The number of benzene rings is 2. The molecule has 0 spiro atoms. The minimum Gasteiger partial charge on any atom is -0.390 e. The zero-order chi connectivity index (χ0) is 32.1. The van der Waals surface area contributed by atoms with Crippen molar-refractivity contribution in [1.29, 1.82) is 5.26 Å². The van der Waals surface area contributed by atoms with Crippen molar-refractivity contribution in [2.45, 2.75) is 63.5 Å². The van der Waals surface area contributed by atoms with Gasteiger partial charge in [0, 0.05) is 49.9 Å². The number of nitriles is 1. The van der Waals surface area contributed by atoms with Gasteiger partial charge in [-0.2, -0.15) is 10.2 Å². The Morgan fingerprint density at radius 1 is 1.22 bits per heavy atom. The number of aromatic nitrogens is 3. The fourth-order valence-corrected chi connectivity index (χ4v) is 6.36. The van der Waals surface area contributed by atoms with Crippen molar-refractivity contribution >= 4 is 33.4 Å². The molecular weight excluding hydrogens is 572 g/mol. The van der Waals surface area contributed by atoms with Crippen LogP contribution in [0.1, 0.15) is 57.6 Å². The van der Waals surface area contributed by atoms with Gasteiger partial charge in [0.1, 0.15) is 22.8 Å². The molecule has 0 saturated carbocycles. The second-order valence-electron chi connectivity index (χ2n) is 13.1. The maximum Gasteiger partial charge on any atom is 0.228 e. The normalized spacial score (nSPS) is 18.2. The SMILES string of the molecule is C#Cc1c(F)ccc2cc(C(C)(C)C#N)cc(-c3ncc4c(N(C)C[C@H]5CCCN5)nc(N5CCC(C)(O)CC5)nc4c3F)c12. The Morgan fingerprint density at radius 2 is 1.98 bits per heavy atom. The van der Waals surface area contributed by atoms with Crippen LogP contribution >= 0.6 is 0 Å². The maximum absolute atomic E-state index is 17.0. The van der Waals surface area contributed by atoms with Gasteiger partial charge in [0.25, 0.3) is 0 Å². The third-order valence-electron chi connectivity index (χ3n) is 9.26. The molecule has 2 aliphatic rings. The predicted octanol–water partition coefficient (Wildman–Crippen LogP) is 5.45. The summed E-state index contributed by atoms with van der Waals surface area (Å²) in [6, 6.07) is 8.91. The molecule has 1 atom stereocenters. The molecule has 4 heterocycles. The zero-order valence-corrected chi connectivity index (χ0v) is 26.1. The van der Waals surface area contributed by atoms with Crippen LogP contribution in [0.5, 0.6) is 0 Å². The van der Waals surface area contributed by atoms with E-state index < -0.39 is 22.7 Å². The van der Waals surface area contributed by atoms with E-state index in [1.165, 1.54) is 6.07 Å². The Balaban J connectivity index is 1.59. The minimum atomic E-state index is -0.921. The summed E-state index contributed by atoms with van der Waals surface area (Å²) in [5.41, 5.74) is -0.748. The highest BCUT2D eigenvalue weighted by atomic mass is 19.1. The Bertz CT molecular complexity index is 1880. The van der Waals surface area contributed by atoms with Gasteiger partial charge in [-0.1, -0.05) is 12.0 Å². The average Bonchev–Trinajstić information content (AvgIpc) is 3.53. The molecule has 10 heteroatoms. The molecule has 2 aliphatic heterocycles. The number of aliphatic hydroxyl groups is 1. The van der Waals surface area contributed by atoms with E-state index in [0.29, 0.717) is 66.0 Å². The highest BCUT2D eigenvalue weighted by Gasteiger charge is 2.31. The van der Waals surface area contributed by atoms with Crippen LogP contribution in [0.4, 0.5) is 20.5 Å². The Kier molecular flexibility index (Phi) is 7.84. The molecule has 0 radical (unpaired) electrons. The molecule has 2 aromatic heterocycles. The fourth-order valence-electron chi connectivity index (χ4n) is 6.36. The standard InChI is InChI=1S/C35H37F2N7O/c1-6-24-27(36)10-9-21-16-22(34(2,3)20-38)17-25(28(21)24)30-29(37)31-26(18-40-30)32(43(5)19-23-8-7-13-39-23)42-33(41-31)44-14-11-35(4,45)12-15-44/h1,9-10,16-18,23,39,45H,7-8,11-15,19H2,2-5H3/t23-/m1/s1. The lowest BCUT2D eigenvalue weighted by Gasteiger charge is -2.36. The van der Waals surface area contributed by atoms with Crippen LogP contribution in [0.3, 0.4) is 0 Å². The second kappa shape index (κ2) is 11.5. The van der Waals surface area contributed by atoms with E-state index >= 15 is 8.78 Å². The van der Waals surface area contributed by atoms with Gasteiger partial charge >= 0.3 is 0 Å². The van der Waals surface area contributed by atoms with E-state index in [1.807, 2.05) is 23.8 Å². The van der Waals surface area contributed by atoms with Crippen molar-refractivity contribution in [3.8, 4) is 29.7 Å². The van der Waals surface area contributed by atoms with Gasteiger partial charge in [-0.15, -0.1) is 6.42 Å². The van der Waals surface area contributed by atoms with Crippen LogP contribution in [0.25, 0.3) is 32.9 Å². The van der Waals surface area contributed by atoms with Crippen molar-refractivity contribution in [2.24, 2.45) is 0 Å². The second-order valence-corrected chi connectivity index (χ2v) is 13.1. The van der Waals surface area contributed by atoms with Gasteiger partial charge < -0.3 is 20.2 Å². The lowest BCUT2D eigenvalue weighted by Crippen LogP contribution is -2.43. The number of fused-ring (bicyclic) bond motifs is 2. The van der Waals surface area contributed by atoms with Gasteiger partial charge in [0.15, 0.2) is 5.82 Å². The molecule has 2 saturated heterocycles. The third kappa shape index (κ3) is 5.65. The monoisotopic (exact) mass is 609 g/mol. The number of nitrogens with one attached hydrogen (secondary N) is 1. The van der Waals surface area contributed by atoms with Gasteiger partial charge in [0.05, 0.1) is 28.0 Å². The topological polar surface area (TPSA) is 101 Å². The molecule has 2 fully saturated rings. The molecule has 0 aliphatic carbocycles. The van der Waals surface area contributed by atoms with E-state index in [9.17, 15) is 10.4 Å². The summed E-state index contributed by atoms with van der Waals surface area (Å²) in [5, 5.41) is 25.3. The molecule has 0 amide bonds. The first kappa shape index (κ1) is 30.6. The largest absolute Gasteiger partial charge is 0.390 e. The number of likely N-dealkylation sites (N-methyl/N-ethyl adjacent to an activating group) is 1. The number of hydrogen-bond donors (Lipinski definition) is 2. The predicted molar refractivity (Wildman–Crippen MR) is 173 cm³/mol. The summed E-state index contributed by atoms with van der Waals surface area (Å²) in [6.07, 6.45) is 10.5. The third-order valence-corrected chi connectivity index (χ3v) is 9.26. The van der Waals surface area contributed by atoms with Gasteiger partial charge in [0.2, 0.25) is 5.95 Å². The molecule has 2 aromatic carbocycles. The smallest absolute Gasteiger partial charge is 0.228 e. The summed E-state index contributed by atoms with van der Waals surface area (Å²) in [7, 11) is 1.93. The van der Waals surface area contributed by atoms with Crippen LogP contribution in [0.15, 0.2) is 30.5 Å². The van der Waals surface area contributed by atoms with E-state index in [1.54, 1.807) is 38.2 Å². The number of hydrogen-bond acceptors (Lipinski definition) is 8. The summed E-state index contributed by atoms with van der Waals surface area (Å²) in [4.78, 5) is 18.2. The quantitative estimate of drug-likeness (QED) is 0.279. The number of halogens is 2. The number of terminal acetylenes is 1. The van der Waals surface area contributed by atoms with Crippen molar-refractivity contribution in [3.63, 3.8) is 0 Å². The zero-order valence-electron chi connectivity index (χ0n) is 26.1. The summed E-state index contributed by atoms with van der Waals surface area (Å²) < 4.78 is 32.0. The highest BCUT2D eigenvalue weighted by molar-refractivity contribution is 6.03. The number of anilines is 2. The highest BCUT2D eigenvalue weighted by Crippen LogP contribution is 2.40. The fraction of sp³-hybridized carbons (Fsp3) is 0.429. The Morgan fingerprint density at radius 3 is 2.64 bits per heavy atom. The summed E-state index contributed by atoms with van der Waals surface area (Å²) in [6.45, 7) is 8.02. The van der Waals surface area contributed by atoms with Crippen molar-refractivity contribution in [3.05, 3.63) is 53.2 Å². The van der Waals surface area contributed by atoms with Crippen LogP contribution in [0.2, 0.25) is 0 Å². The van der Waals surface area contributed by atoms with Gasteiger partial charge in [-0.05, 0) is 82.1 Å². The number of piperidine rings is 1. The van der Waals surface area contributed by atoms with E-state index in [2.05, 4.69) is 22.3 Å². The number of nitrogens with zero attached hydrogens (tertiary/aromatic N) is 6. The van der Waals surface area contributed by atoms with E-state index in [-0.39, 0.29) is 28.4 Å². The van der Waals surface area contributed by atoms with Crippen LogP contribution < -0.4 is 15.1 Å². The van der Waals surface area contributed by atoms with Gasteiger partial charge in [-0.3, -0.25) is 4.98 Å². The molecule has 6 rings (SSSR count). The van der Waals surface area contributed by atoms with Crippen LogP contribution in [-0.4, -0.2) is 64.9 Å². The van der Waals surface area contributed by atoms with Crippen LogP contribution in [-0.2, 0) is 5.41 Å². The molecule has 4 aromatic rings. The van der Waals surface area contributed by atoms with E-state index in [0.717, 1.165) is 19.4 Å². The maximum atomic E-state index is 17.0. The van der Waals surface area contributed by atoms with E-state index in [4.69, 9.17) is 16.4 Å². The molecule has 2 N–H and O–H groups in total.